The first-order valence-electron chi connectivity index (χ1n) is 3.43. The van der Waals surface area contributed by atoms with Crippen molar-refractivity contribution in [3.63, 3.8) is 0 Å². The molecule has 0 fully saturated rings. The Hall–Kier alpha value is -0.740. The van der Waals surface area contributed by atoms with Crippen LogP contribution in [0.15, 0.2) is 16.6 Å². The fraction of sp³-hybridized carbons (Fsp3) is 0.125. The van der Waals surface area contributed by atoms with Crippen molar-refractivity contribution in [2.24, 2.45) is 0 Å². The van der Waals surface area contributed by atoms with Gasteiger partial charge < -0.3 is 10.8 Å². The maximum atomic E-state index is 10.7. The predicted octanol–water partition coefficient (Wildman–Crippen LogP) is 2.47. The molecule has 0 radical (unpaired) electrons. The second kappa shape index (κ2) is 3.98. The van der Waals surface area contributed by atoms with Crippen LogP contribution in [0.4, 0.5) is 5.69 Å². The van der Waals surface area contributed by atoms with Crippen LogP contribution in [0.1, 0.15) is 15.9 Å². The Morgan fingerprint density at radius 1 is 1.62 bits per heavy atom. The smallest absolute Gasteiger partial charge is 0.336 e. The summed E-state index contributed by atoms with van der Waals surface area (Å²) in [6, 6.07) is 3.01. The molecule has 1 aromatic rings. The first kappa shape index (κ1) is 10.3. The van der Waals surface area contributed by atoms with Crippen LogP contribution in [-0.4, -0.2) is 11.1 Å². The first-order chi connectivity index (χ1) is 6.06. The van der Waals surface area contributed by atoms with Crippen molar-refractivity contribution >= 4 is 39.2 Å². The molecule has 70 valence electrons. The zero-order chi connectivity index (χ0) is 10.0. The maximum Gasteiger partial charge on any atom is 0.336 e. The van der Waals surface area contributed by atoms with Crippen LogP contribution in [0.2, 0.25) is 0 Å². The Kier molecular flexibility index (Phi) is 3.17. The molecule has 0 heterocycles. The number of nitrogen functional groups attached to an aromatic ring is 1. The van der Waals surface area contributed by atoms with Crippen molar-refractivity contribution in [1.29, 1.82) is 0 Å². The van der Waals surface area contributed by atoms with E-state index in [2.05, 4.69) is 15.9 Å². The molecule has 1 rings (SSSR count). The maximum absolute atomic E-state index is 10.7. The van der Waals surface area contributed by atoms with Crippen LogP contribution >= 0.6 is 27.5 Å². The molecule has 0 atom stereocenters. The van der Waals surface area contributed by atoms with Crippen molar-refractivity contribution in [1.82, 2.24) is 0 Å². The van der Waals surface area contributed by atoms with E-state index in [4.69, 9.17) is 22.4 Å². The van der Waals surface area contributed by atoms with Gasteiger partial charge in [0.25, 0.3) is 0 Å². The topological polar surface area (TPSA) is 63.3 Å². The molecular weight excluding hydrogens is 257 g/mol. The van der Waals surface area contributed by atoms with Crippen molar-refractivity contribution in [3.05, 3.63) is 27.7 Å². The van der Waals surface area contributed by atoms with Crippen molar-refractivity contribution in [2.75, 3.05) is 5.73 Å². The third kappa shape index (κ3) is 2.14. The predicted molar refractivity (Wildman–Crippen MR) is 55.1 cm³/mol. The number of anilines is 1. The highest BCUT2D eigenvalue weighted by molar-refractivity contribution is 9.10. The number of carboxylic acid groups (broad SMARTS) is 1. The number of carboxylic acids is 1. The quantitative estimate of drug-likeness (QED) is 0.637. The number of halogens is 2. The van der Waals surface area contributed by atoms with Gasteiger partial charge in [0.05, 0.1) is 5.56 Å². The largest absolute Gasteiger partial charge is 0.478 e. The van der Waals surface area contributed by atoms with Crippen LogP contribution in [0, 0.1) is 0 Å². The minimum atomic E-state index is -1.00. The van der Waals surface area contributed by atoms with Gasteiger partial charge in [-0.1, -0.05) is 0 Å². The molecule has 0 aliphatic rings. The number of benzene rings is 1. The molecule has 0 unspecified atom stereocenters. The molecule has 0 aromatic heterocycles. The van der Waals surface area contributed by atoms with E-state index in [9.17, 15) is 4.79 Å². The van der Waals surface area contributed by atoms with E-state index in [0.717, 1.165) is 0 Å². The summed E-state index contributed by atoms with van der Waals surface area (Å²) in [5, 5.41) is 8.79. The summed E-state index contributed by atoms with van der Waals surface area (Å²) >= 11 is 8.71. The summed E-state index contributed by atoms with van der Waals surface area (Å²) in [6.07, 6.45) is 0. The second-order valence-corrected chi connectivity index (χ2v) is 3.59. The first-order valence-corrected chi connectivity index (χ1v) is 4.76. The van der Waals surface area contributed by atoms with Gasteiger partial charge in [-0.2, -0.15) is 0 Å². The summed E-state index contributed by atoms with van der Waals surface area (Å²) in [5.41, 5.74) is 6.75. The number of hydrogen-bond donors (Lipinski definition) is 2. The Bertz CT molecular complexity index is 354. The second-order valence-electron chi connectivity index (χ2n) is 2.47. The number of rotatable bonds is 2. The molecule has 3 N–H and O–H groups in total. The van der Waals surface area contributed by atoms with Crippen molar-refractivity contribution in [3.8, 4) is 0 Å². The minimum absolute atomic E-state index is 0.138. The normalized spacial score (nSPS) is 10.0. The van der Waals surface area contributed by atoms with Crippen molar-refractivity contribution in [2.45, 2.75) is 5.88 Å². The Morgan fingerprint density at radius 2 is 2.23 bits per heavy atom. The SMILES string of the molecule is Nc1cc(CCl)c(C(=O)O)cc1Br. The molecule has 1 aromatic carbocycles. The Morgan fingerprint density at radius 3 is 2.69 bits per heavy atom. The summed E-state index contributed by atoms with van der Waals surface area (Å²) < 4.78 is 0.568. The molecule has 0 saturated carbocycles. The fourth-order valence-electron chi connectivity index (χ4n) is 0.947. The molecule has 0 aliphatic carbocycles. The van der Waals surface area contributed by atoms with E-state index < -0.39 is 5.97 Å². The minimum Gasteiger partial charge on any atom is -0.478 e. The summed E-state index contributed by atoms with van der Waals surface area (Å²) in [4.78, 5) is 10.7. The van der Waals surface area contributed by atoms with Crippen LogP contribution < -0.4 is 5.73 Å². The van der Waals surface area contributed by atoms with E-state index in [1.807, 2.05) is 0 Å². The summed E-state index contributed by atoms with van der Waals surface area (Å²) in [6.45, 7) is 0. The van der Waals surface area contributed by atoms with E-state index in [-0.39, 0.29) is 11.4 Å². The highest BCUT2D eigenvalue weighted by Gasteiger charge is 2.11. The number of carbonyl (C=O) groups is 1. The number of aromatic carboxylic acids is 1. The molecule has 0 amide bonds. The molecule has 0 bridgehead atoms. The third-order valence-corrected chi connectivity index (χ3v) is 2.57. The lowest BCUT2D eigenvalue weighted by molar-refractivity contribution is 0.0696. The molecule has 13 heavy (non-hydrogen) atoms. The average Bonchev–Trinajstić information content (AvgIpc) is 2.08. The fourth-order valence-corrected chi connectivity index (χ4v) is 1.51. The van der Waals surface area contributed by atoms with E-state index in [0.29, 0.717) is 15.7 Å². The summed E-state index contributed by atoms with van der Waals surface area (Å²) in [7, 11) is 0. The van der Waals surface area contributed by atoms with Gasteiger partial charge >= 0.3 is 5.97 Å². The van der Waals surface area contributed by atoms with Gasteiger partial charge in [0.1, 0.15) is 0 Å². The average molecular weight is 265 g/mol. The summed E-state index contributed by atoms with van der Waals surface area (Å²) in [5.74, 6) is -0.865. The van der Waals surface area contributed by atoms with Gasteiger partial charge in [0, 0.05) is 16.0 Å². The molecular formula is C8H7BrClNO2. The highest BCUT2D eigenvalue weighted by atomic mass is 79.9. The zero-order valence-corrected chi connectivity index (χ0v) is 8.89. The molecule has 3 nitrogen and oxygen atoms in total. The van der Waals surface area contributed by atoms with Gasteiger partial charge in [-0.25, -0.2) is 4.79 Å². The Labute approximate surface area is 88.6 Å². The number of hydrogen-bond acceptors (Lipinski definition) is 2. The molecule has 5 heteroatoms. The lowest BCUT2D eigenvalue weighted by atomic mass is 10.1. The van der Waals surface area contributed by atoms with E-state index >= 15 is 0 Å². The van der Waals surface area contributed by atoms with Crippen LogP contribution in [0.5, 0.6) is 0 Å². The third-order valence-electron chi connectivity index (χ3n) is 1.60. The van der Waals surface area contributed by atoms with Gasteiger partial charge in [-0.15, -0.1) is 11.6 Å². The van der Waals surface area contributed by atoms with Crippen LogP contribution in [-0.2, 0) is 5.88 Å². The lowest BCUT2D eigenvalue weighted by Gasteiger charge is -2.05. The number of nitrogens with two attached hydrogens (primary N) is 1. The van der Waals surface area contributed by atoms with Gasteiger partial charge in [0.15, 0.2) is 0 Å². The Balaban J connectivity index is 3.33. The van der Waals surface area contributed by atoms with E-state index in [1.54, 1.807) is 6.07 Å². The molecule has 0 aliphatic heterocycles. The standard InChI is InChI=1S/C8H7BrClNO2/c9-6-2-5(8(12)13)4(3-10)1-7(6)11/h1-2H,3,11H2,(H,12,13). The highest BCUT2D eigenvalue weighted by Crippen LogP contribution is 2.25. The van der Waals surface area contributed by atoms with Gasteiger partial charge in [0.2, 0.25) is 0 Å². The van der Waals surface area contributed by atoms with E-state index in [1.165, 1.54) is 6.07 Å². The lowest BCUT2D eigenvalue weighted by Crippen LogP contribution is -2.02. The number of alkyl halides is 1. The van der Waals surface area contributed by atoms with Gasteiger partial charge in [-0.3, -0.25) is 0 Å². The van der Waals surface area contributed by atoms with Gasteiger partial charge in [-0.05, 0) is 33.6 Å². The molecule has 0 spiro atoms. The monoisotopic (exact) mass is 263 g/mol. The van der Waals surface area contributed by atoms with Crippen LogP contribution in [0.25, 0.3) is 0 Å². The zero-order valence-electron chi connectivity index (χ0n) is 6.55. The van der Waals surface area contributed by atoms with Crippen LogP contribution in [0.3, 0.4) is 0 Å². The van der Waals surface area contributed by atoms with Crippen molar-refractivity contribution < 1.29 is 9.90 Å². The molecule has 0 saturated heterocycles.